The standard InChI is InChI=1S/C22H24N2O3.C2H6/c1-2-27-22(26)24-12-9-15(10-13-24)20-19-8-7-18(25)14-17(19)6-5-16-4-3-11-23-21(16)20;1-2/h3-4,7-8,11,14,25H,2,5-6,9-10,12-13H2,1H3;1-2H3. The van der Waals surface area contributed by atoms with Crippen molar-refractivity contribution >= 4 is 11.7 Å². The summed E-state index contributed by atoms with van der Waals surface area (Å²) in [6, 6.07) is 9.76. The van der Waals surface area contributed by atoms with E-state index in [0.717, 1.165) is 42.5 Å². The Hall–Kier alpha value is -2.82. The maximum Gasteiger partial charge on any atom is 0.409 e. The summed E-state index contributed by atoms with van der Waals surface area (Å²) in [4.78, 5) is 18.5. The van der Waals surface area contributed by atoms with Crippen molar-refractivity contribution in [3.05, 3.63) is 64.5 Å². The number of rotatable bonds is 1. The molecule has 1 aromatic carbocycles. The van der Waals surface area contributed by atoms with Crippen LogP contribution in [-0.4, -0.2) is 40.8 Å². The Morgan fingerprint density at radius 2 is 1.83 bits per heavy atom. The molecule has 0 unspecified atom stereocenters. The monoisotopic (exact) mass is 394 g/mol. The van der Waals surface area contributed by atoms with Crippen LogP contribution in [0.25, 0.3) is 5.57 Å². The second-order valence-corrected chi connectivity index (χ2v) is 7.02. The fourth-order valence-corrected chi connectivity index (χ4v) is 4.08. The van der Waals surface area contributed by atoms with Gasteiger partial charge in [0.15, 0.2) is 0 Å². The lowest BCUT2D eigenvalue weighted by Crippen LogP contribution is -2.37. The SMILES string of the molecule is CC.CCOC(=O)N1CCC(=C2c3ccc(O)cc3CCc3cccnc32)CC1. The molecular weight excluding hydrogens is 364 g/mol. The third kappa shape index (κ3) is 4.44. The molecule has 5 heteroatoms. The number of piperidine rings is 1. The summed E-state index contributed by atoms with van der Waals surface area (Å²) >= 11 is 0. The second-order valence-electron chi connectivity index (χ2n) is 7.02. The van der Waals surface area contributed by atoms with Crippen LogP contribution in [0.5, 0.6) is 5.75 Å². The molecule has 0 bridgehead atoms. The van der Waals surface area contributed by atoms with Crippen LogP contribution < -0.4 is 0 Å². The van der Waals surface area contributed by atoms with Crippen molar-refractivity contribution < 1.29 is 14.6 Å². The number of phenolic OH excluding ortho intramolecular Hbond substituents is 1. The Balaban J connectivity index is 0.00000117. The molecule has 1 amide bonds. The molecular formula is C24H30N2O3. The van der Waals surface area contributed by atoms with Crippen molar-refractivity contribution in [1.82, 2.24) is 9.88 Å². The molecule has 1 aliphatic heterocycles. The lowest BCUT2D eigenvalue weighted by atomic mass is 9.88. The van der Waals surface area contributed by atoms with Crippen LogP contribution in [0.4, 0.5) is 4.79 Å². The van der Waals surface area contributed by atoms with Crippen molar-refractivity contribution in [2.24, 2.45) is 0 Å². The Labute approximate surface area is 173 Å². The first-order valence-corrected chi connectivity index (χ1v) is 10.6. The molecule has 0 saturated carbocycles. The van der Waals surface area contributed by atoms with Gasteiger partial charge in [0, 0.05) is 24.9 Å². The van der Waals surface area contributed by atoms with E-state index < -0.39 is 0 Å². The third-order valence-corrected chi connectivity index (χ3v) is 5.40. The number of pyridine rings is 1. The normalized spacial score (nSPS) is 15.5. The number of aromatic hydroxyl groups is 1. The van der Waals surface area contributed by atoms with Crippen LogP contribution >= 0.6 is 0 Å². The quantitative estimate of drug-likeness (QED) is 0.742. The van der Waals surface area contributed by atoms with Crippen molar-refractivity contribution in [3.8, 4) is 5.75 Å². The first-order chi connectivity index (χ1) is 14.2. The van der Waals surface area contributed by atoms with E-state index in [9.17, 15) is 9.90 Å². The predicted molar refractivity (Wildman–Crippen MR) is 115 cm³/mol. The molecule has 154 valence electrons. The van der Waals surface area contributed by atoms with Crippen molar-refractivity contribution in [2.75, 3.05) is 19.7 Å². The van der Waals surface area contributed by atoms with Crippen LogP contribution in [0.3, 0.4) is 0 Å². The van der Waals surface area contributed by atoms with Gasteiger partial charge in [0.1, 0.15) is 5.75 Å². The number of aromatic nitrogens is 1. The lowest BCUT2D eigenvalue weighted by Gasteiger charge is -2.29. The van der Waals surface area contributed by atoms with Gasteiger partial charge in [-0.3, -0.25) is 4.98 Å². The molecule has 5 nitrogen and oxygen atoms in total. The van der Waals surface area contributed by atoms with E-state index in [1.54, 1.807) is 11.0 Å². The number of hydrogen-bond acceptors (Lipinski definition) is 4. The highest BCUT2D eigenvalue weighted by Gasteiger charge is 2.26. The van der Waals surface area contributed by atoms with Crippen LogP contribution in [0.15, 0.2) is 42.1 Å². The Bertz CT molecular complexity index is 895. The number of benzene rings is 1. The highest BCUT2D eigenvalue weighted by Crippen LogP contribution is 2.38. The topological polar surface area (TPSA) is 62.7 Å². The highest BCUT2D eigenvalue weighted by atomic mass is 16.6. The summed E-state index contributed by atoms with van der Waals surface area (Å²) in [5, 5.41) is 9.95. The number of likely N-dealkylation sites (tertiary alicyclic amines) is 1. The number of fused-ring (bicyclic) bond motifs is 2. The number of nitrogens with zero attached hydrogens (tertiary/aromatic N) is 2. The molecule has 2 aromatic rings. The average molecular weight is 395 g/mol. The van der Waals surface area contributed by atoms with Gasteiger partial charge in [0.2, 0.25) is 0 Å². The number of hydrogen-bond donors (Lipinski definition) is 1. The van der Waals surface area contributed by atoms with Crippen LogP contribution in [-0.2, 0) is 17.6 Å². The molecule has 4 rings (SSSR count). The molecule has 1 N–H and O–H groups in total. The second kappa shape index (κ2) is 9.59. The lowest BCUT2D eigenvalue weighted by molar-refractivity contribution is 0.104. The van der Waals surface area contributed by atoms with Crippen molar-refractivity contribution in [1.29, 1.82) is 0 Å². The van der Waals surface area contributed by atoms with E-state index >= 15 is 0 Å². The van der Waals surface area contributed by atoms with E-state index in [-0.39, 0.29) is 6.09 Å². The van der Waals surface area contributed by atoms with E-state index in [1.165, 1.54) is 16.7 Å². The van der Waals surface area contributed by atoms with Gasteiger partial charge in [-0.1, -0.05) is 31.6 Å². The zero-order chi connectivity index (χ0) is 20.8. The Morgan fingerprint density at radius 3 is 2.55 bits per heavy atom. The predicted octanol–water partition coefficient (Wildman–Crippen LogP) is 4.97. The van der Waals surface area contributed by atoms with Crippen molar-refractivity contribution in [2.45, 2.75) is 46.5 Å². The van der Waals surface area contributed by atoms with Gasteiger partial charge in [0.05, 0.1) is 12.3 Å². The number of carbonyl (C=O) groups excluding carboxylic acids is 1. The maximum atomic E-state index is 12.0. The minimum absolute atomic E-state index is 0.230. The molecule has 2 aliphatic rings. The molecule has 1 fully saturated rings. The van der Waals surface area contributed by atoms with Gasteiger partial charge in [-0.2, -0.15) is 0 Å². The fourth-order valence-electron chi connectivity index (χ4n) is 4.08. The smallest absolute Gasteiger partial charge is 0.409 e. The maximum absolute atomic E-state index is 12.0. The minimum atomic E-state index is -0.230. The molecule has 29 heavy (non-hydrogen) atoms. The Morgan fingerprint density at radius 1 is 1.10 bits per heavy atom. The summed E-state index contributed by atoms with van der Waals surface area (Å²) in [6.07, 6.45) is 5.03. The van der Waals surface area contributed by atoms with E-state index in [4.69, 9.17) is 9.72 Å². The third-order valence-electron chi connectivity index (χ3n) is 5.40. The minimum Gasteiger partial charge on any atom is -0.508 e. The number of carbonyl (C=O) groups is 1. The number of ether oxygens (including phenoxy) is 1. The molecule has 1 saturated heterocycles. The van der Waals surface area contributed by atoms with Crippen LogP contribution in [0.2, 0.25) is 0 Å². The molecule has 0 radical (unpaired) electrons. The molecule has 0 atom stereocenters. The van der Waals surface area contributed by atoms with E-state index in [1.807, 2.05) is 45.2 Å². The van der Waals surface area contributed by atoms with Crippen LogP contribution in [0, 0.1) is 0 Å². The summed E-state index contributed by atoms with van der Waals surface area (Å²) in [6.45, 7) is 7.55. The summed E-state index contributed by atoms with van der Waals surface area (Å²) in [5.41, 5.74) is 7.10. The van der Waals surface area contributed by atoms with Gasteiger partial charge in [-0.15, -0.1) is 0 Å². The first-order valence-electron chi connectivity index (χ1n) is 10.6. The van der Waals surface area contributed by atoms with Gasteiger partial charge in [-0.25, -0.2) is 4.79 Å². The average Bonchev–Trinajstić information content (AvgIpc) is 2.92. The fraction of sp³-hybridized carbons (Fsp3) is 0.417. The van der Waals surface area contributed by atoms with Crippen LogP contribution in [0.1, 0.15) is 56.0 Å². The number of phenols is 1. The van der Waals surface area contributed by atoms with Gasteiger partial charge in [0.25, 0.3) is 0 Å². The van der Waals surface area contributed by atoms with E-state index in [2.05, 4.69) is 6.07 Å². The largest absolute Gasteiger partial charge is 0.508 e. The molecule has 0 spiro atoms. The molecule has 1 aliphatic carbocycles. The van der Waals surface area contributed by atoms with Crippen molar-refractivity contribution in [3.63, 3.8) is 0 Å². The van der Waals surface area contributed by atoms with Gasteiger partial charge >= 0.3 is 6.09 Å². The first kappa shape index (κ1) is 20.9. The molecule has 2 heterocycles. The summed E-state index contributed by atoms with van der Waals surface area (Å²) in [5.74, 6) is 0.300. The number of aryl methyl sites for hydroxylation is 2. The van der Waals surface area contributed by atoms with Gasteiger partial charge in [-0.05, 0) is 67.5 Å². The summed E-state index contributed by atoms with van der Waals surface area (Å²) < 4.78 is 5.14. The van der Waals surface area contributed by atoms with Gasteiger partial charge < -0.3 is 14.7 Å². The molecule has 1 aromatic heterocycles. The summed E-state index contributed by atoms with van der Waals surface area (Å²) in [7, 11) is 0. The zero-order valence-corrected chi connectivity index (χ0v) is 17.6. The zero-order valence-electron chi connectivity index (χ0n) is 17.6. The Kier molecular flexibility index (Phi) is 6.91. The number of amides is 1. The highest BCUT2D eigenvalue weighted by molar-refractivity contribution is 5.85. The van der Waals surface area contributed by atoms with E-state index in [0.29, 0.717) is 25.4 Å².